The molecular weight excluding hydrogens is 398 g/mol. The van der Waals surface area contributed by atoms with Gasteiger partial charge in [-0.05, 0) is 67.5 Å². The first kappa shape index (κ1) is 23.3. The zero-order valence-electron chi connectivity index (χ0n) is 17.5. The Morgan fingerprint density at radius 3 is 2.37 bits per heavy atom. The first-order chi connectivity index (χ1) is 14.5. The van der Waals surface area contributed by atoms with Crippen molar-refractivity contribution in [1.29, 1.82) is 0 Å². The van der Waals surface area contributed by atoms with E-state index in [4.69, 9.17) is 17.0 Å². The molecule has 2 rings (SSSR count). The lowest BCUT2D eigenvalue weighted by Gasteiger charge is -2.11. The molecule has 0 spiro atoms. The van der Waals surface area contributed by atoms with Gasteiger partial charge < -0.3 is 15.4 Å². The molecule has 0 saturated carbocycles. The topological polar surface area (TPSA) is 79.5 Å². The summed E-state index contributed by atoms with van der Waals surface area (Å²) in [6.07, 6.45) is 4.01. The molecule has 0 bridgehead atoms. The van der Waals surface area contributed by atoms with Crippen molar-refractivity contribution in [2.24, 2.45) is 0 Å². The van der Waals surface area contributed by atoms with E-state index in [-0.39, 0.29) is 16.9 Å². The summed E-state index contributed by atoms with van der Waals surface area (Å²) in [6, 6.07) is 13.9. The predicted molar refractivity (Wildman–Crippen MR) is 124 cm³/mol. The number of ether oxygens (including phenoxy) is 1. The summed E-state index contributed by atoms with van der Waals surface area (Å²) >= 11 is 5.24. The minimum Gasteiger partial charge on any atom is -0.494 e. The lowest BCUT2D eigenvalue weighted by Crippen LogP contribution is -2.34. The average molecular weight is 428 g/mol. The lowest BCUT2D eigenvalue weighted by atomic mass is 10.2. The van der Waals surface area contributed by atoms with Gasteiger partial charge in [0.15, 0.2) is 5.11 Å². The molecule has 0 atom stereocenters. The molecule has 0 saturated heterocycles. The molecule has 2 aromatic rings. The molecule has 0 radical (unpaired) electrons. The van der Waals surface area contributed by atoms with Crippen molar-refractivity contribution >= 4 is 34.8 Å². The summed E-state index contributed by atoms with van der Waals surface area (Å²) in [5.41, 5.74) is 1.64. The fourth-order valence-corrected chi connectivity index (χ4v) is 2.80. The molecule has 3 N–H and O–H groups in total. The third-order valence-corrected chi connectivity index (χ3v) is 4.51. The molecule has 0 aromatic heterocycles. The number of amides is 2. The fourth-order valence-electron chi connectivity index (χ4n) is 2.59. The monoisotopic (exact) mass is 427 g/mol. The van der Waals surface area contributed by atoms with Gasteiger partial charge in [0.05, 0.1) is 6.61 Å². The fraction of sp³-hybridized carbons (Fsp3) is 0.348. The van der Waals surface area contributed by atoms with E-state index < -0.39 is 0 Å². The SMILES string of the molecule is CCCCNC(=O)c1cccc(NC(=S)NC(=O)c2ccc(OCCCC)cc2)c1. The molecule has 0 aliphatic rings. The Kier molecular flexibility index (Phi) is 9.80. The molecule has 0 heterocycles. The molecule has 2 aromatic carbocycles. The summed E-state index contributed by atoms with van der Waals surface area (Å²) in [6.45, 7) is 5.48. The Balaban J connectivity index is 1.88. The highest BCUT2D eigenvalue weighted by atomic mass is 32.1. The van der Waals surface area contributed by atoms with Crippen LogP contribution in [0.25, 0.3) is 0 Å². The number of carbonyl (C=O) groups is 2. The predicted octanol–water partition coefficient (Wildman–Crippen LogP) is 4.52. The third-order valence-electron chi connectivity index (χ3n) is 4.31. The molecule has 2 amide bonds. The van der Waals surface area contributed by atoms with Crippen LogP contribution in [0.5, 0.6) is 5.75 Å². The van der Waals surface area contributed by atoms with Crippen LogP contribution < -0.4 is 20.7 Å². The smallest absolute Gasteiger partial charge is 0.257 e. The van der Waals surface area contributed by atoms with Crippen molar-refractivity contribution in [2.45, 2.75) is 39.5 Å². The summed E-state index contributed by atoms with van der Waals surface area (Å²) in [4.78, 5) is 24.6. The number of unbranched alkanes of at least 4 members (excludes halogenated alkanes) is 2. The van der Waals surface area contributed by atoms with Gasteiger partial charge in [0, 0.05) is 23.4 Å². The minimum atomic E-state index is -0.318. The van der Waals surface area contributed by atoms with Crippen LogP contribution >= 0.6 is 12.2 Å². The zero-order chi connectivity index (χ0) is 21.8. The van der Waals surface area contributed by atoms with E-state index in [1.165, 1.54) is 0 Å². The second kappa shape index (κ2) is 12.6. The lowest BCUT2D eigenvalue weighted by molar-refractivity contribution is 0.0950. The van der Waals surface area contributed by atoms with Gasteiger partial charge in [-0.3, -0.25) is 14.9 Å². The highest BCUT2D eigenvalue weighted by Crippen LogP contribution is 2.13. The summed E-state index contributed by atoms with van der Waals surface area (Å²) in [5.74, 6) is 0.277. The number of thiocarbonyl (C=S) groups is 1. The molecule has 6 nitrogen and oxygen atoms in total. The number of anilines is 1. The van der Waals surface area contributed by atoms with E-state index in [0.29, 0.717) is 30.0 Å². The molecule has 0 unspecified atom stereocenters. The summed E-state index contributed by atoms with van der Waals surface area (Å²) in [7, 11) is 0. The van der Waals surface area contributed by atoms with Gasteiger partial charge in [-0.15, -0.1) is 0 Å². The van der Waals surface area contributed by atoms with Crippen LogP contribution in [-0.2, 0) is 0 Å². The Morgan fingerprint density at radius 2 is 1.67 bits per heavy atom. The maximum absolute atomic E-state index is 12.4. The molecule has 160 valence electrons. The van der Waals surface area contributed by atoms with Gasteiger partial charge in [-0.1, -0.05) is 32.8 Å². The molecule has 30 heavy (non-hydrogen) atoms. The van der Waals surface area contributed by atoms with E-state index in [1.807, 2.05) is 0 Å². The third kappa shape index (κ3) is 7.83. The number of hydrogen-bond acceptors (Lipinski definition) is 4. The van der Waals surface area contributed by atoms with Gasteiger partial charge in [0.1, 0.15) is 5.75 Å². The highest BCUT2D eigenvalue weighted by Gasteiger charge is 2.10. The van der Waals surface area contributed by atoms with Crippen LogP contribution in [0.4, 0.5) is 5.69 Å². The van der Waals surface area contributed by atoms with Crippen LogP contribution in [0.2, 0.25) is 0 Å². The zero-order valence-corrected chi connectivity index (χ0v) is 18.3. The van der Waals surface area contributed by atoms with Gasteiger partial charge in [-0.25, -0.2) is 0 Å². The Labute approximate surface area is 183 Å². The Morgan fingerprint density at radius 1 is 0.933 bits per heavy atom. The van der Waals surface area contributed by atoms with Crippen molar-refractivity contribution < 1.29 is 14.3 Å². The van der Waals surface area contributed by atoms with Crippen LogP contribution in [0, 0.1) is 0 Å². The number of carbonyl (C=O) groups excluding carboxylic acids is 2. The van der Waals surface area contributed by atoms with Crippen LogP contribution in [-0.4, -0.2) is 30.1 Å². The van der Waals surface area contributed by atoms with E-state index in [1.54, 1.807) is 48.5 Å². The van der Waals surface area contributed by atoms with E-state index >= 15 is 0 Å². The maximum Gasteiger partial charge on any atom is 0.257 e. The number of rotatable bonds is 10. The first-order valence-corrected chi connectivity index (χ1v) is 10.7. The summed E-state index contributed by atoms with van der Waals surface area (Å²) < 4.78 is 5.60. The average Bonchev–Trinajstić information content (AvgIpc) is 2.74. The minimum absolute atomic E-state index is 0.136. The van der Waals surface area contributed by atoms with E-state index in [0.717, 1.165) is 31.4 Å². The number of nitrogens with one attached hydrogen (secondary N) is 3. The summed E-state index contributed by atoms with van der Waals surface area (Å²) in [5, 5.41) is 8.63. The Bertz CT molecular complexity index is 853. The first-order valence-electron chi connectivity index (χ1n) is 10.3. The number of benzene rings is 2. The van der Waals surface area contributed by atoms with E-state index in [2.05, 4.69) is 29.8 Å². The largest absolute Gasteiger partial charge is 0.494 e. The van der Waals surface area contributed by atoms with E-state index in [9.17, 15) is 9.59 Å². The van der Waals surface area contributed by atoms with Crippen LogP contribution in [0.3, 0.4) is 0 Å². The van der Waals surface area contributed by atoms with Crippen LogP contribution in [0.15, 0.2) is 48.5 Å². The standard InChI is InChI=1S/C23H29N3O3S/c1-3-5-14-24-21(27)18-8-7-9-19(16-18)25-23(30)26-22(28)17-10-12-20(13-11-17)29-15-6-4-2/h7-13,16H,3-6,14-15H2,1-2H3,(H,24,27)(H2,25,26,28,30). The molecule has 7 heteroatoms. The molecular formula is C23H29N3O3S. The van der Waals surface area contributed by atoms with Crippen molar-refractivity contribution in [3.05, 3.63) is 59.7 Å². The normalized spacial score (nSPS) is 10.2. The van der Waals surface area contributed by atoms with Gasteiger partial charge in [0.25, 0.3) is 11.8 Å². The van der Waals surface area contributed by atoms with Crippen molar-refractivity contribution in [3.8, 4) is 5.75 Å². The van der Waals surface area contributed by atoms with Crippen molar-refractivity contribution in [2.75, 3.05) is 18.5 Å². The highest BCUT2D eigenvalue weighted by molar-refractivity contribution is 7.80. The van der Waals surface area contributed by atoms with Crippen molar-refractivity contribution in [3.63, 3.8) is 0 Å². The Hall–Kier alpha value is -2.93. The quantitative estimate of drug-likeness (QED) is 0.384. The van der Waals surface area contributed by atoms with Gasteiger partial charge >= 0.3 is 0 Å². The molecule has 0 aliphatic carbocycles. The molecule has 0 aliphatic heterocycles. The van der Waals surface area contributed by atoms with Crippen molar-refractivity contribution in [1.82, 2.24) is 10.6 Å². The molecule has 0 fully saturated rings. The maximum atomic E-state index is 12.4. The second-order valence-corrected chi connectivity index (χ2v) is 7.23. The van der Waals surface area contributed by atoms with Gasteiger partial charge in [-0.2, -0.15) is 0 Å². The number of hydrogen-bond donors (Lipinski definition) is 3. The van der Waals surface area contributed by atoms with Crippen LogP contribution in [0.1, 0.15) is 60.2 Å². The second-order valence-electron chi connectivity index (χ2n) is 6.82. The van der Waals surface area contributed by atoms with Gasteiger partial charge in [0.2, 0.25) is 0 Å².